The summed E-state index contributed by atoms with van der Waals surface area (Å²) in [5.74, 6) is -0.486. The topological polar surface area (TPSA) is 74.7 Å². The molecule has 0 spiro atoms. The van der Waals surface area contributed by atoms with Crippen LogP contribution in [0.15, 0.2) is 0 Å². The Bertz CT molecular complexity index is 339. The minimum atomic E-state index is -3.11. The molecule has 1 rings (SSSR count). The number of nitrogens with zero attached hydrogens (tertiary/aromatic N) is 1. The highest BCUT2D eigenvalue weighted by Crippen LogP contribution is 2.23. The first kappa shape index (κ1) is 13.4. The van der Waals surface area contributed by atoms with Gasteiger partial charge in [0.05, 0.1) is 5.75 Å². The maximum atomic E-state index is 11.6. The van der Waals surface area contributed by atoms with Gasteiger partial charge in [0.25, 0.3) is 0 Å². The number of piperidine rings is 1. The number of carbonyl (C=O) groups is 1. The first-order valence-corrected chi connectivity index (χ1v) is 7.26. The van der Waals surface area contributed by atoms with Crippen molar-refractivity contribution in [3.63, 3.8) is 0 Å². The summed E-state index contributed by atoms with van der Waals surface area (Å²) >= 11 is 0. The molecule has 1 aliphatic heterocycles. The Labute approximate surface area is 96.5 Å². The van der Waals surface area contributed by atoms with Crippen molar-refractivity contribution < 1.29 is 18.3 Å². The molecule has 1 N–H and O–H groups in total. The summed E-state index contributed by atoms with van der Waals surface area (Å²) in [6, 6.07) is 0. The molecule has 1 unspecified atom stereocenters. The van der Waals surface area contributed by atoms with Crippen LogP contribution in [-0.2, 0) is 14.8 Å². The highest BCUT2D eigenvalue weighted by atomic mass is 32.2. The molecule has 0 aromatic carbocycles. The summed E-state index contributed by atoms with van der Waals surface area (Å²) in [4.78, 5) is 10.4. The molecule has 0 aromatic rings. The van der Waals surface area contributed by atoms with Crippen molar-refractivity contribution in [3.8, 4) is 0 Å². The van der Waals surface area contributed by atoms with Gasteiger partial charge in [-0.15, -0.1) is 0 Å². The molecule has 1 fully saturated rings. The lowest BCUT2D eigenvalue weighted by atomic mass is 9.95. The van der Waals surface area contributed by atoms with Crippen LogP contribution in [0.3, 0.4) is 0 Å². The van der Waals surface area contributed by atoms with E-state index in [2.05, 4.69) is 0 Å². The molecular weight excluding hydrogens is 230 g/mol. The lowest BCUT2D eigenvalue weighted by Gasteiger charge is -2.31. The molecule has 1 aliphatic rings. The van der Waals surface area contributed by atoms with E-state index < -0.39 is 16.0 Å². The van der Waals surface area contributed by atoms with E-state index in [0.717, 1.165) is 12.8 Å². The van der Waals surface area contributed by atoms with Crippen LogP contribution in [0.5, 0.6) is 0 Å². The Morgan fingerprint density at radius 3 is 2.75 bits per heavy atom. The normalized spacial score (nSPS) is 23.2. The predicted molar refractivity (Wildman–Crippen MR) is 60.6 cm³/mol. The van der Waals surface area contributed by atoms with Gasteiger partial charge in [0.1, 0.15) is 0 Å². The van der Waals surface area contributed by atoms with Crippen LogP contribution in [0.1, 0.15) is 32.6 Å². The van der Waals surface area contributed by atoms with Gasteiger partial charge in [-0.1, -0.05) is 0 Å². The Kier molecular flexibility index (Phi) is 4.73. The molecule has 5 nitrogen and oxygen atoms in total. The van der Waals surface area contributed by atoms with Gasteiger partial charge in [-0.3, -0.25) is 4.79 Å². The van der Waals surface area contributed by atoms with E-state index in [9.17, 15) is 13.2 Å². The van der Waals surface area contributed by atoms with E-state index in [4.69, 9.17) is 5.11 Å². The summed E-state index contributed by atoms with van der Waals surface area (Å²) in [6.45, 7) is 2.71. The fraction of sp³-hybridized carbons (Fsp3) is 0.900. The fourth-order valence-electron chi connectivity index (χ4n) is 2.03. The van der Waals surface area contributed by atoms with Crippen molar-refractivity contribution in [2.45, 2.75) is 32.6 Å². The zero-order valence-corrected chi connectivity index (χ0v) is 10.4. The van der Waals surface area contributed by atoms with Gasteiger partial charge >= 0.3 is 5.97 Å². The fourth-order valence-corrected chi connectivity index (χ4v) is 3.24. The van der Waals surface area contributed by atoms with Gasteiger partial charge in [0.2, 0.25) is 10.0 Å². The molecule has 94 valence electrons. The molecule has 16 heavy (non-hydrogen) atoms. The minimum Gasteiger partial charge on any atom is -0.481 e. The number of carboxylic acid groups (broad SMARTS) is 1. The third-order valence-corrected chi connectivity index (χ3v) is 4.85. The third kappa shape index (κ3) is 3.75. The van der Waals surface area contributed by atoms with Gasteiger partial charge in [0.15, 0.2) is 0 Å². The number of hydrogen-bond donors (Lipinski definition) is 1. The van der Waals surface area contributed by atoms with E-state index >= 15 is 0 Å². The second-order valence-electron chi connectivity index (χ2n) is 4.20. The van der Waals surface area contributed by atoms with Crippen molar-refractivity contribution >= 4 is 16.0 Å². The van der Waals surface area contributed by atoms with Crippen LogP contribution >= 0.6 is 0 Å². The first-order chi connectivity index (χ1) is 7.45. The van der Waals surface area contributed by atoms with Gasteiger partial charge in [-0.05, 0) is 32.1 Å². The molecule has 0 radical (unpaired) electrons. The van der Waals surface area contributed by atoms with E-state index in [1.54, 1.807) is 6.92 Å². The quantitative estimate of drug-likeness (QED) is 0.786. The average molecular weight is 249 g/mol. The van der Waals surface area contributed by atoms with Crippen LogP contribution in [-0.4, -0.2) is 42.6 Å². The summed E-state index contributed by atoms with van der Waals surface area (Å²) < 4.78 is 24.8. The highest BCUT2D eigenvalue weighted by molar-refractivity contribution is 7.89. The minimum absolute atomic E-state index is 0.124. The summed E-state index contributed by atoms with van der Waals surface area (Å²) in [5.41, 5.74) is 0. The Hall–Kier alpha value is -0.620. The van der Waals surface area contributed by atoms with E-state index in [0.29, 0.717) is 19.5 Å². The molecule has 0 bridgehead atoms. The van der Waals surface area contributed by atoms with Crippen LogP contribution in [0, 0.1) is 5.92 Å². The second-order valence-corrected chi connectivity index (χ2v) is 6.46. The number of rotatable bonds is 5. The van der Waals surface area contributed by atoms with Crippen molar-refractivity contribution in [2.75, 3.05) is 18.8 Å². The predicted octanol–water partition coefficient (Wildman–Crippen LogP) is 0.913. The van der Waals surface area contributed by atoms with Crippen LogP contribution in [0.4, 0.5) is 0 Å². The molecule has 0 aliphatic carbocycles. The zero-order chi connectivity index (χ0) is 12.2. The highest BCUT2D eigenvalue weighted by Gasteiger charge is 2.27. The monoisotopic (exact) mass is 249 g/mol. The Morgan fingerprint density at radius 1 is 1.50 bits per heavy atom. The number of aliphatic carboxylic acids is 1. The molecule has 1 saturated heterocycles. The summed E-state index contributed by atoms with van der Waals surface area (Å²) in [5, 5.41) is 8.58. The number of hydrogen-bond acceptors (Lipinski definition) is 3. The van der Waals surface area contributed by atoms with Gasteiger partial charge in [0, 0.05) is 19.5 Å². The van der Waals surface area contributed by atoms with E-state index in [1.165, 1.54) is 4.31 Å². The lowest BCUT2D eigenvalue weighted by Crippen LogP contribution is -2.40. The largest absolute Gasteiger partial charge is 0.481 e. The third-order valence-electron chi connectivity index (χ3n) is 3.01. The Morgan fingerprint density at radius 2 is 2.19 bits per heavy atom. The van der Waals surface area contributed by atoms with Crippen molar-refractivity contribution in [1.29, 1.82) is 0 Å². The number of sulfonamides is 1. The molecule has 0 amide bonds. The average Bonchev–Trinajstić information content (AvgIpc) is 2.27. The van der Waals surface area contributed by atoms with Crippen LogP contribution < -0.4 is 0 Å². The molecule has 0 aromatic heterocycles. The maximum absolute atomic E-state index is 11.6. The molecular formula is C10H19NO4S. The lowest BCUT2D eigenvalue weighted by molar-refractivity contribution is -0.137. The number of carboxylic acids is 1. The summed E-state index contributed by atoms with van der Waals surface area (Å²) in [6.07, 6.45) is 2.47. The van der Waals surface area contributed by atoms with E-state index in [-0.39, 0.29) is 18.1 Å². The van der Waals surface area contributed by atoms with Gasteiger partial charge in [-0.25, -0.2) is 12.7 Å². The van der Waals surface area contributed by atoms with E-state index in [1.807, 2.05) is 0 Å². The van der Waals surface area contributed by atoms with Crippen molar-refractivity contribution in [1.82, 2.24) is 4.31 Å². The van der Waals surface area contributed by atoms with Gasteiger partial charge < -0.3 is 5.11 Å². The van der Waals surface area contributed by atoms with Crippen molar-refractivity contribution in [3.05, 3.63) is 0 Å². The summed E-state index contributed by atoms with van der Waals surface area (Å²) in [7, 11) is -3.11. The molecule has 6 heteroatoms. The Balaban J connectivity index is 2.50. The standard InChI is InChI=1S/C10H19NO4S/c1-2-16(14,15)11-7-3-4-9(8-11)5-6-10(12)13/h9H,2-8H2,1H3,(H,12,13). The van der Waals surface area contributed by atoms with Gasteiger partial charge in [-0.2, -0.15) is 0 Å². The SMILES string of the molecule is CCS(=O)(=O)N1CCCC(CCC(=O)O)C1. The zero-order valence-electron chi connectivity index (χ0n) is 9.55. The first-order valence-electron chi connectivity index (χ1n) is 5.65. The smallest absolute Gasteiger partial charge is 0.303 e. The molecule has 0 saturated carbocycles. The van der Waals surface area contributed by atoms with Crippen LogP contribution in [0.25, 0.3) is 0 Å². The van der Waals surface area contributed by atoms with Crippen LogP contribution in [0.2, 0.25) is 0 Å². The second kappa shape index (κ2) is 5.63. The molecule has 1 heterocycles. The molecule has 1 atom stereocenters. The maximum Gasteiger partial charge on any atom is 0.303 e. The van der Waals surface area contributed by atoms with Crippen molar-refractivity contribution in [2.24, 2.45) is 5.92 Å².